The van der Waals surface area contributed by atoms with Crippen molar-refractivity contribution in [1.82, 2.24) is 15.0 Å². The average molecular weight is 328 g/mol. The van der Waals surface area contributed by atoms with Crippen LogP contribution >= 0.6 is 11.6 Å². The molecule has 23 heavy (non-hydrogen) atoms. The molecule has 0 amide bonds. The van der Waals surface area contributed by atoms with Crippen molar-refractivity contribution in [3.63, 3.8) is 0 Å². The minimum absolute atomic E-state index is 0.181. The third kappa shape index (κ3) is 3.24. The quantitative estimate of drug-likeness (QED) is 0.543. The third-order valence-electron chi connectivity index (χ3n) is 3.39. The maximum absolute atomic E-state index is 12.2. The van der Waals surface area contributed by atoms with Crippen molar-refractivity contribution < 1.29 is 9.53 Å². The van der Waals surface area contributed by atoms with Gasteiger partial charge in [0.1, 0.15) is 5.75 Å². The average Bonchev–Trinajstić information content (AvgIpc) is 2.92. The molecule has 0 radical (unpaired) electrons. The molecule has 1 aromatic heterocycles. The molecule has 1 heterocycles. The molecule has 0 fully saturated rings. The predicted octanol–water partition coefficient (Wildman–Crippen LogP) is 3.76. The fourth-order valence-corrected chi connectivity index (χ4v) is 2.23. The van der Waals surface area contributed by atoms with Gasteiger partial charge in [-0.2, -0.15) is 0 Å². The number of aromatic nitrogens is 3. The standard InChI is InChI=1S/C17H14ClN3O2/c1-11-3-7-14(8-4-11)21-12(2)16(19-20-21)17(22)23-15-9-5-13(18)6-10-15/h3-10H,1-2H3. The van der Waals surface area contributed by atoms with Crippen molar-refractivity contribution >= 4 is 17.6 Å². The van der Waals surface area contributed by atoms with E-state index in [0.29, 0.717) is 16.5 Å². The molecule has 3 aromatic rings. The van der Waals surface area contributed by atoms with Gasteiger partial charge in [-0.25, -0.2) is 9.48 Å². The van der Waals surface area contributed by atoms with Crippen LogP contribution in [-0.2, 0) is 0 Å². The van der Waals surface area contributed by atoms with Gasteiger partial charge in [0.2, 0.25) is 0 Å². The van der Waals surface area contributed by atoms with Gasteiger partial charge in [0.15, 0.2) is 5.69 Å². The van der Waals surface area contributed by atoms with Crippen molar-refractivity contribution in [2.45, 2.75) is 13.8 Å². The van der Waals surface area contributed by atoms with Gasteiger partial charge in [0.05, 0.1) is 11.4 Å². The van der Waals surface area contributed by atoms with Crippen molar-refractivity contribution in [2.24, 2.45) is 0 Å². The Labute approximate surface area is 138 Å². The lowest BCUT2D eigenvalue weighted by Crippen LogP contribution is -2.11. The first-order chi connectivity index (χ1) is 11.0. The smallest absolute Gasteiger partial charge is 0.366 e. The Balaban J connectivity index is 1.85. The van der Waals surface area contributed by atoms with Gasteiger partial charge in [-0.05, 0) is 50.2 Å². The van der Waals surface area contributed by atoms with E-state index in [4.69, 9.17) is 16.3 Å². The highest BCUT2D eigenvalue weighted by Crippen LogP contribution is 2.18. The van der Waals surface area contributed by atoms with Crippen molar-refractivity contribution in [2.75, 3.05) is 0 Å². The second kappa shape index (κ2) is 6.22. The minimum atomic E-state index is -0.553. The van der Waals surface area contributed by atoms with E-state index in [1.807, 2.05) is 31.2 Å². The molecule has 0 saturated heterocycles. The van der Waals surface area contributed by atoms with Gasteiger partial charge in [0, 0.05) is 5.02 Å². The SMILES string of the molecule is Cc1ccc(-n2nnc(C(=O)Oc3ccc(Cl)cc3)c2C)cc1. The Kier molecular flexibility index (Phi) is 4.12. The minimum Gasteiger partial charge on any atom is -0.422 e. The first-order valence-corrected chi connectivity index (χ1v) is 7.39. The Hall–Kier alpha value is -2.66. The molecule has 116 valence electrons. The van der Waals surface area contributed by atoms with Gasteiger partial charge in [-0.1, -0.05) is 34.5 Å². The van der Waals surface area contributed by atoms with E-state index in [0.717, 1.165) is 11.3 Å². The summed E-state index contributed by atoms with van der Waals surface area (Å²) in [6.07, 6.45) is 0. The number of esters is 1. The molecule has 0 saturated carbocycles. The van der Waals surface area contributed by atoms with Crippen LogP contribution in [-0.4, -0.2) is 21.0 Å². The summed E-state index contributed by atoms with van der Waals surface area (Å²) in [6, 6.07) is 14.3. The van der Waals surface area contributed by atoms with Crippen LogP contribution in [0.2, 0.25) is 5.02 Å². The van der Waals surface area contributed by atoms with E-state index >= 15 is 0 Å². The maximum Gasteiger partial charge on any atom is 0.366 e. The van der Waals surface area contributed by atoms with E-state index in [1.54, 1.807) is 35.9 Å². The molecule has 0 aliphatic heterocycles. The molecule has 0 spiro atoms. The van der Waals surface area contributed by atoms with Crippen LogP contribution in [0.1, 0.15) is 21.7 Å². The number of hydrogen-bond donors (Lipinski definition) is 0. The van der Waals surface area contributed by atoms with Crippen LogP contribution in [0, 0.1) is 13.8 Å². The van der Waals surface area contributed by atoms with Crippen molar-refractivity contribution in [3.05, 3.63) is 70.5 Å². The number of rotatable bonds is 3. The highest BCUT2D eigenvalue weighted by molar-refractivity contribution is 6.30. The molecule has 5 nitrogen and oxygen atoms in total. The molecule has 0 aliphatic rings. The van der Waals surface area contributed by atoms with Crippen LogP contribution in [0.3, 0.4) is 0 Å². The van der Waals surface area contributed by atoms with E-state index in [9.17, 15) is 4.79 Å². The van der Waals surface area contributed by atoms with Gasteiger partial charge in [-0.3, -0.25) is 0 Å². The summed E-state index contributed by atoms with van der Waals surface area (Å²) < 4.78 is 6.90. The molecule has 0 N–H and O–H groups in total. The van der Waals surface area contributed by atoms with Gasteiger partial charge in [0.25, 0.3) is 0 Å². The molecule has 0 bridgehead atoms. The summed E-state index contributed by atoms with van der Waals surface area (Å²) in [5, 5.41) is 8.55. The largest absolute Gasteiger partial charge is 0.422 e. The number of ether oxygens (including phenoxy) is 1. The summed E-state index contributed by atoms with van der Waals surface area (Å²) in [6.45, 7) is 3.78. The van der Waals surface area contributed by atoms with Crippen molar-refractivity contribution in [3.8, 4) is 11.4 Å². The van der Waals surface area contributed by atoms with Gasteiger partial charge < -0.3 is 4.74 Å². The lowest BCUT2D eigenvalue weighted by atomic mass is 10.2. The predicted molar refractivity (Wildman–Crippen MR) is 87.2 cm³/mol. The molecule has 0 atom stereocenters. The van der Waals surface area contributed by atoms with Crippen LogP contribution in [0.4, 0.5) is 0 Å². The highest BCUT2D eigenvalue weighted by Gasteiger charge is 2.19. The second-order valence-electron chi connectivity index (χ2n) is 5.11. The summed E-state index contributed by atoms with van der Waals surface area (Å²) in [5.41, 5.74) is 2.79. The number of hydrogen-bond acceptors (Lipinski definition) is 4. The van der Waals surface area contributed by atoms with Crippen LogP contribution < -0.4 is 4.74 Å². The van der Waals surface area contributed by atoms with Gasteiger partial charge >= 0.3 is 5.97 Å². The van der Waals surface area contributed by atoms with Crippen molar-refractivity contribution in [1.29, 1.82) is 0 Å². The van der Waals surface area contributed by atoms with E-state index in [1.165, 1.54) is 0 Å². The first kappa shape index (κ1) is 15.2. The van der Waals surface area contributed by atoms with E-state index < -0.39 is 5.97 Å². The lowest BCUT2D eigenvalue weighted by Gasteiger charge is -2.05. The monoisotopic (exact) mass is 327 g/mol. The number of carbonyl (C=O) groups excluding carboxylic acids is 1. The zero-order valence-corrected chi connectivity index (χ0v) is 13.4. The van der Waals surface area contributed by atoms with Crippen LogP contribution in [0.15, 0.2) is 48.5 Å². The molecule has 2 aromatic carbocycles. The third-order valence-corrected chi connectivity index (χ3v) is 3.64. The Morgan fingerprint density at radius 2 is 1.70 bits per heavy atom. The summed E-state index contributed by atoms with van der Waals surface area (Å²) in [5.74, 6) is -0.146. The fourth-order valence-electron chi connectivity index (χ4n) is 2.11. The number of aryl methyl sites for hydroxylation is 1. The van der Waals surface area contributed by atoms with Crippen LogP contribution in [0.5, 0.6) is 5.75 Å². The summed E-state index contributed by atoms with van der Waals surface area (Å²) in [7, 11) is 0. The number of carbonyl (C=O) groups is 1. The maximum atomic E-state index is 12.2. The summed E-state index contributed by atoms with van der Waals surface area (Å²) in [4.78, 5) is 12.2. The van der Waals surface area contributed by atoms with Crippen LogP contribution in [0.25, 0.3) is 5.69 Å². The number of benzene rings is 2. The lowest BCUT2D eigenvalue weighted by molar-refractivity contribution is 0.0727. The number of nitrogens with zero attached hydrogens (tertiary/aromatic N) is 3. The van der Waals surface area contributed by atoms with E-state index in [-0.39, 0.29) is 5.69 Å². The molecule has 3 rings (SSSR count). The zero-order chi connectivity index (χ0) is 16.4. The molecular formula is C17H14ClN3O2. The molecule has 0 unspecified atom stereocenters. The molecule has 6 heteroatoms. The fraction of sp³-hybridized carbons (Fsp3) is 0.118. The first-order valence-electron chi connectivity index (χ1n) is 7.01. The normalized spacial score (nSPS) is 10.6. The van der Waals surface area contributed by atoms with Gasteiger partial charge in [-0.15, -0.1) is 5.10 Å². The second-order valence-corrected chi connectivity index (χ2v) is 5.55. The van der Waals surface area contributed by atoms with E-state index in [2.05, 4.69) is 10.3 Å². The Morgan fingerprint density at radius 3 is 2.35 bits per heavy atom. The Morgan fingerprint density at radius 1 is 1.04 bits per heavy atom. The zero-order valence-electron chi connectivity index (χ0n) is 12.7. The molecule has 0 aliphatic carbocycles. The Bertz CT molecular complexity index is 839. The highest BCUT2D eigenvalue weighted by atomic mass is 35.5. The topological polar surface area (TPSA) is 57.0 Å². The summed E-state index contributed by atoms with van der Waals surface area (Å²) >= 11 is 5.81. The number of halogens is 1. The molecular weight excluding hydrogens is 314 g/mol.